The molecule has 9 heteroatoms. The number of hydrogen-bond acceptors (Lipinski definition) is 7. The fraction of sp³-hybridized carbons (Fsp3) is 0.684. The van der Waals surface area contributed by atoms with Crippen LogP contribution in [0.3, 0.4) is 0 Å². The first-order chi connectivity index (χ1) is 13.4. The van der Waals surface area contributed by atoms with E-state index in [1.807, 2.05) is 0 Å². The molecule has 1 aromatic rings. The Kier molecular flexibility index (Phi) is 7.19. The molecule has 2 fully saturated rings. The predicted molar refractivity (Wildman–Crippen MR) is 95.0 cm³/mol. The van der Waals surface area contributed by atoms with Gasteiger partial charge >= 0.3 is 0 Å². The molecule has 7 nitrogen and oxygen atoms in total. The van der Waals surface area contributed by atoms with E-state index in [-0.39, 0.29) is 36.7 Å². The second kappa shape index (κ2) is 9.43. The minimum absolute atomic E-state index is 0.0165. The van der Waals surface area contributed by atoms with Gasteiger partial charge in [0.25, 0.3) is 0 Å². The number of aliphatic hydroxyl groups excluding tert-OH is 4. The number of ether oxygens (including phenoxy) is 2. The van der Waals surface area contributed by atoms with Gasteiger partial charge in [-0.1, -0.05) is 0 Å². The fourth-order valence-electron chi connectivity index (χ4n) is 3.72. The van der Waals surface area contributed by atoms with Crippen molar-refractivity contribution in [3.63, 3.8) is 0 Å². The standard InChI is InChI=1S/C19H27F2NO6/c20-14-5-12(28-10-11-2-4-27-9-11)6-15(21)13(14)1-3-22-7-17(24)19(26)18(25)16(22)8-23/h5-6,11,16-19,23-26H,1-4,7-10H2/t11?,16-,17+,18-,19-/m1/s1. The van der Waals surface area contributed by atoms with Gasteiger partial charge in [0.2, 0.25) is 0 Å². The van der Waals surface area contributed by atoms with Crippen LogP contribution in [0.25, 0.3) is 0 Å². The van der Waals surface area contributed by atoms with Crippen LogP contribution in [0.15, 0.2) is 12.1 Å². The number of hydrogen-bond donors (Lipinski definition) is 4. The number of rotatable bonds is 7. The van der Waals surface area contributed by atoms with Gasteiger partial charge in [-0.25, -0.2) is 8.78 Å². The lowest BCUT2D eigenvalue weighted by Crippen LogP contribution is -2.62. The van der Waals surface area contributed by atoms with Gasteiger partial charge in [0.1, 0.15) is 29.6 Å². The van der Waals surface area contributed by atoms with Gasteiger partial charge in [-0.15, -0.1) is 0 Å². The molecule has 0 bridgehead atoms. The zero-order valence-corrected chi connectivity index (χ0v) is 15.5. The van der Waals surface area contributed by atoms with Crippen LogP contribution in [0.5, 0.6) is 5.75 Å². The second-order valence-electron chi connectivity index (χ2n) is 7.45. The Hall–Kier alpha value is -1.36. The minimum atomic E-state index is -1.37. The number of β-amino-alcohol motifs (C(OH)–C–C–N with tert-alkyl or cyclic N) is 1. The summed E-state index contributed by atoms with van der Waals surface area (Å²) in [4.78, 5) is 1.52. The third-order valence-electron chi connectivity index (χ3n) is 5.49. The molecule has 3 rings (SSSR count). The largest absolute Gasteiger partial charge is 0.493 e. The van der Waals surface area contributed by atoms with Crippen LogP contribution in [0.1, 0.15) is 12.0 Å². The van der Waals surface area contributed by atoms with Crippen molar-refractivity contribution in [2.24, 2.45) is 5.92 Å². The quantitative estimate of drug-likeness (QED) is 0.495. The molecule has 2 heterocycles. The van der Waals surface area contributed by atoms with Crippen molar-refractivity contribution in [1.29, 1.82) is 0 Å². The zero-order chi connectivity index (χ0) is 20.3. The maximum absolute atomic E-state index is 14.4. The summed E-state index contributed by atoms with van der Waals surface area (Å²) in [5.41, 5.74) is -0.136. The monoisotopic (exact) mass is 403 g/mol. The lowest BCUT2D eigenvalue weighted by molar-refractivity contribution is -0.144. The molecule has 0 aromatic heterocycles. The van der Waals surface area contributed by atoms with Crippen LogP contribution in [0, 0.1) is 17.6 Å². The molecular formula is C19H27F2NO6. The van der Waals surface area contributed by atoms with E-state index in [4.69, 9.17) is 9.47 Å². The van der Waals surface area contributed by atoms with E-state index in [1.165, 1.54) is 4.90 Å². The summed E-state index contributed by atoms with van der Waals surface area (Å²) in [5, 5.41) is 39.0. The Labute approximate surface area is 162 Å². The molecule has 158 valence electrons. The Balaban J connectivity index is 1.61. The molecule has 0 radical (unpaired) electrons. The Bertz CT molecular complexity index is 634. The van der Waals surface area contributed by atoms with Crippen LogP contribution in [-0.2, 0) is 11.2 Å². The highest BCUT2D eigenvalue weighted by atomic mass is 19.1. The number of piperidine rings is 1. The number of nitrogens with zero attached hydrogens (tertiary/aromatic N) is 1. The van der Waals surface area contributed by atoms with Gasteiger partial charge in [-0.3, -0.25) is 4.90 Å². The Morgan fingerprint density at radius 1 is 1.14 bits per heavy atom. The summed E-state index contributed by atoms with van der Waals surface area (Å²) in [7, 11) is 0. The summed E-state index contributed by atoms with van der Waals surface area (Å²) in [6, 6.07) is 1.46. The maximum Gasteiger partial charge on any atom is 0.133 e. The maximum atomic E-state index is 14.4. The molecule has 2 aliphatic heterocycles. The van der Waals surface area contributed by atoms with Crippen molar-refractivity contribution in [3.05, 3.63) is 29.3 Å². The highest BCUT2D eigenvalue weighted by Gasteiger charge is 2.40. The topological polar surface area (TPSA) is 103 Å². The average Bonchev–Trinajstić information content (AvgIpc) is 3.17. The zero-order valence-electron chi connectivity index (χ0n) is 15.5. The van der Waals surface area contributed by atoms with Gasteiger partial charge in [-0.2, -0.15) is 0 Å². The Morgan fingerprint density at radius 2 is 1.86 bits per heavy atom. The van der Waals surface area contributed by atoms with Crippen LogP contribution in [-0.4, -0.2) is 89.2 Å². The highest BCUT2D eigenvalue weighted by Crippen LogP contribution is 2.25. The molecule has 2 aliphatic rings. The molecule has 5 atom stereocenters. The molecule has 0 amide bonds. The van der Waals surface area contributed by atoms with Crippen molar-refractivity contribution >= 4 is 0 Å². The summed E-state index contributed by atoms with van der Waals surface area (Å²) in [6.45, 7) is 1.21. The normalized spacial score (nSPS) is 31.3. The second-order valence-corrected chi connectivity index (χ2v) is 7.45. The van der Waals surface area contributed by atoms with E-state index < -0.39 is 42.6 Å². The van der Waals surface area contributed by atoms with E-state index in [0.29, 0.717) is 19.8 Å². The molecule has 0 aliphatic carbocycles. The number of likely N-dealkylation sites (tertiary alicyclic amines) is 1. The van der Waals surface area contributed by atoms with E-state index in [1.54, 1.807) is 0 Å². The van der Waals surface area contributed by atoms with Gasteiger partial charge < -0.3 is 29.9 Å². The van der Waals surface area contributed by atoms with Crippen LogP contribution < -0.4 is 4.74 Å². The van der Waals surface area contributed by atoms with Crippen molar-refractivity contribution < 1.29 is 38.7 Å². The number of halogens is 2. The van der Waals surface area contributed by atoms with Crippen LogP contribution in [0.2, 0.25) is 0 Å². The lowest BCUT2D eigenvalue weighted by Gasteiger charge is -2.43. The molecule has 28 heavy (non-hydrogen) atoms. The van der Waals surface area contributed by atoms with Crippen LogP contribution >= 0.6 is 0 Å². The molecule has 0 spiro atoms. The van der Waals surface area contributed by atoms with Gasteiger partial charge in [0.05, 0.1) is 32.0 Å². The highest BCUT2D eigenvalue weighted by molar-refractivity contribution is 5.31. The first kappa shape index (κ1) is 21.4. The third-order valence-corrected chi connectivity index (χ3v) is 5.49. The molecule has 0 saturated carbocycles. The third kappa shape index (κ3) is 4.79. The minimum Gasteiger partial charge on any atom is -0.493 e. The fourth-order valence-corrected chi connectivity index (χ4v) is 3.72. The summed E-state index contributed by atoms with van der Waals surface area (Å²) in [5.74, 6) is -1.15. The number of benzene rings is 1. The molecule has 1 unspecified atom stereocenters. The Morgan fingerprint density at radius 3 is 2.46 bits per heavy atom. The van der Waals surface area contributed by atoms with E-state index in [2.05, 4.69) is 0 Å². The van der Waals surface area contributed by atoms with Gasteiger partial charge in [0, 0.05) is 43.3 Å². The summed E-state index contributed by atoms with van der Waals surface area (Å²) in [6.07, 6.45) is -3.09. The van der Waals surface area contributed by atoms with Crippen molar-refractivity contribution in [3.8, 4) is 5.75 Å². The summed E-state index contributed by atoms with van der Waals surface area (Å²) >= 11 is 0. The average molecular weight is 403 g/mol. The van der Waals surface area contributed by atoms with E-state index in [0.717, 1.165) is 18.6 Å². The molecular weight excluding hydrogens is 376 g/mol. The SMILES string of the molecule is OC[C@@H]1[C@@H](O)[C@H](O)[C@@H](O)CN1CCc1c(F)cc(OCC2CCOC2)cc1F. The predicted octanol–water partition coefficient (Wildman–Crippen LogP) is -0.318. The first-order valence-corrected chi connectivity index (χ1v) is 9.48. The van der Waals surface area contributed by atoms with Crippen molar-refractivity contribution in [2.45, 2.75) is 37.2 Å². The van der Waals surface area contributed by atoms with Crippen molar-refractivity contribution in [1.82, 2.24) is 4.90 Å². The van der Waals surface area contributed by atoms with E-state index in [9.17, 15) is 29.2 Å². The van der Waals surface area contributed by atoms with Crippen molar-refractivity contribution in [2.75, 3.05) is 39.5 Å². The van der Waals surface area contributed by atoms with E-state index >= 15 is 0 Å². The molecule has 1 aromatic carbocycles. The smallest absolute Gasteiger partial charge is 0.133 e. The van der Waals surface area contributed by atoms with Crippen LogP contribution in [0.4, 0.5) is 8.78 Å². The molecule has 2 saturated heterocycles. The van der Waals surface area contributed by atoms with Gasteiger partial charge in [0.15, 0.2) is 0 Å². The lowest BCUT2D eigenvalue weighted by atomic mass is 9.93. The summed E-state index contributed by atoms with van der Waals surface area (Å²) < 4.78 is 39.5. The first-order valence-electron chi connectivity index (χ1n) is 9.48. The van der Waals surface area contributed by atoms with Gasteiger partial charge in [-0.05, 0) is 12.8 Å². The number of aliphatic hydroxyl groups is 4. The molecule has 4 N–H and O–H groups in total.